The standard InChI is InChI=1S/C13H28N2OS/c1-12(2)6-9-17-11-13(12,10-14)15(3)7-5-8-16-4/h5-11,14H2,1-4H3. The molecule has 102 valence electrons. The molecule has 3 nitrogen and oxygen atoms in total. The van der Waals surface area contributed by atoms with Crippen molar-refractivity contribution in [1.29, 1.82) is 0 Å². The van der Waals surface area contributed by atoms with Gasteiger partial charge in [-0.2, -0.15) is 11.8 Å². The van der Waals surface area contributed by atoms with E-state index in [1.54, 1.807) is 7.11 Å². The van der Waals surface area contributed by atoms with Crippen molar-refractivity contribution in [1.82, 2.24) is 4.90 Å². The van der Waals surface area contributed by atoms with Gasteiger partial charge in [0.2, 0.25) is 0 Å². The third-order valence-electron chi connectivity index (χ3n) is 4.38. The fourth-order valence-corrected chi connectivity index (χ4v) is 4.64. The monoisotopic (exact) mass is 260 g/mol. The second-order valence-electron chi connectivity index (χ2n) is 5.69. The highest BCUT2D eigenvalue weighted by molar-refractivity contribution is 7.99. The van der Waals surface area contributed by atoms with Crippen LogP contribution in [0, 0.1) is 5.41 Å². The number of likely N-dealkylation sites (N-methyl/N-ethyl adjacent to an activating group) is 1. The largest absolute Gasteiger partial charge is 0.385 e. The summed E-state index contributed by atoms with van der Waals surface area (Å²) in [4.78, 5) is 2.47. The van der Waals surface area contributed by atoms with Crippen molar-refractivity contribution < 1.29 is 4.74 Å². The molecular formula is C13H28N2OS. The molecule has 1 unspecified atom stereocenters. The van der Waals surface area contributed by atoms with Gasteiger partial charge >= 0.3 is 0 Å². The summed E-state index contributed by atoms with van der Waals surface area (Å²) >= 11 is 2.04. The maximum Gasteiger partial charge on any atom is 0.0474 e. The van der Waals surface area contributed by atoms with E-state index in [0.717, 1.165) is 31.9 Å². The molecule has 0 radical (unpaired) electrons. The maximum absolute atomic E-state index is 6.13. The Hall–Kier alpha value is 0.230. The number of hydrogen-bond donors (Lipinski definition) is 1. The van der Waals surface area contributed by atoms with Crippen molar-refractivity contribution in [2.24, 2.45) is 11.1 Å². The second kappa shape index (κ2) is 6.41. The molecule has 0 saturated carbocycles. The van der Waals surface area contributed by atoms with Crippen LogP contribution in [0.15, 0.2) is 0 Å². The Balaban J connectivity index is 2.71. The van der Waals surface area contributed by atoms with E-state index in [-0.39, 0.29) is 5.54 Å². The van der Waals surface area contributed by atoms with E-state index in [9.17, 15) is 0 Å². The van der Waals surface area contributed by atoms with Crippen molar-refractivity contribution in [2.75, 3.05) is 45.4 Å². The van der Waals surface area contributed by atoms with Crippen LogP contribution in [0.25, 0.3) is 0 Å². The smallest absolute Gasteiger partial charge is 0.0474 e. The van der Waals surface area contributed by atoms with Gasteiger partial charge in [0.1, 0.15) is 0 Å². The van der Waals surface area contributed by atoms with Crippen LogP contribution in [0.1, 0.15) is 26.7 Å². The number of thioether (sulfide) groups is 1. The molecule has 1 aliphatic rings. The molecule has 0 aromatic heterocycles. The summed E-state index contributed by atoms with van der Waals surface area (Å²) in [5.41, 5.74) is 6.58. The molecule has 0 aromatic carbocycles. The molecule has 1 heterocycles. The van der Waals surface area contributed by atoms with Gasteiger partial charge in [-0.15, -0.1) is 0 Å². The Morgan fingerprint density at radius 1 is 1.41 bits per heavy atom. The predicted octanol–water partition coefficient (Wildman–Crippen LogP) is 1.82. The normalized spacial score (nSPS) is 28.6. The van der Waals surface area contributed by atoms with Crippen LogP contribution < -0.4 is 5.73 Å². The molecule has 17 heavy (non-hydrogen) atoms. The lowest BCUT2D eigenvalue weighted by molar-refractivity contribution is 0.0155. The summed E-state index contributed by atoms with van der Waals surface area (Å²) in [6.45, 7) is 7.38. The van der Waals surface area contributed by atoms with E-state index >= 15 is 0 Å². The van der Waals surface area contributed by atoms with Gasteiger partial charge < -0.3 is 10.5 Å². The number of nitrogens with two attached hydrogens (primary N) is 1. The first-order chi connectivity index (χ1) is 8.00. The van der Waals surface area contributed by atoms with E-state index in [1.807, 2.05) is 11.8 Å². The lowest BCUT2D eigenvalue weighted by Gasteiger charge is -2.54. The van der Waals surface area contributed by atoms with Crippen LogP contribution in [0.4, 0.5) is 0 Å². The van der Waals surface area contributed by atoms with Crippen LogP contribution in [-0.2, 0) is 4.74 Å². The number of rotatable bonds is 6. The van der Waals surface area contributed by atoms with E-state index in [1.165, 1.54) is 12.2 Å². The average Bonchev–Trinajstić information content (AvgIpc) is 2.29. The highest BCUT2D eigenvalue weighted by Crippen LogP contribution is 2.44. The molecule has 0 aromatic rings. The molecule has 1 rings (SSSR count). The number of ether oxygens (including phenoxy) is 1. The van der Waals surface area contributed by atoms with Crippen LogP contribution in [0.2, 0.25) is 0 Å². The highest BCUT2D eigenvalue weighted by atomic mass is 32.2. The Kier molecular flexibility index (Phi) is 5.77. The Morgan fingerprint density at radius 3 is 2.65 bits per heavy atom. The van der Waals surface area contributed by atoms with Gasteiger partial charge in [0.25, 0.3) is 0 Å². The number of methoxy groups -OCH3 is 1. The quantitative estimate of drug-likeness (QED) is 0.739. The lowest BCUT2D eigenvalue weighted by atomic mass is 9.70. The van der Waals surface area contributed by atoms with Gasteiger partial charge in [-0.1, -0.05) is 13.8 Å². The Morgan fingerprint density at radius 2 is 2.12 bits per heavy atom. The molecule has 1 fully saturated rings. The molecule has 0 aliphatic carbocycles. The third-order valence-corrected chi connectivity index (χ3v) is 5.56. The molecule has 1 atom stereocenters. The van der Waals surface area contributed by atoms with Gasteiger partial charge in [0.05, 0.1) is 0 Å². The summed E-state index contributed by atoms with van der Waals surface area (Å²) in [5.74, 6) is 2.42. The molecule has 0 bridgehead atoms. The minimum absolute atomic E-state index is 0.143. The minimum Gasteiger partial charge on any atom is -0.385 e. The molecule has 0 spiro atoms. The maximum atomic E-state index is 6.13. The molecule has 4 heteroatoms. The van der Waals surface area contributed by atoms with Gasteiger partial charge in [0.15, 0.2) is 0 Å². The molecule has 2 N–H and O–H groups in total. The van der Waals surface area contributed by atoms with Crippen LogP contribution in [0.5, 0.6) is 0 Å². The lowest BCUT2D eigenvalue weighted by Crippen LogP contribution is -2.64. The fourth-order valence-electron chi connectivity index (χ4n) is 2.77. The van der Waals surface area contributed by atoms with Gasteiger partial charge in [0, 0.05) is 38.1 Å². The second-order valence-corrected chi connectivity index (χ2v) is 6.80. The topological polar surface area (TPSA) is 38.5 Å². The molecular weight excluding hydrogens is 232 g/mol. The zero-order chi connectivity index (χ0) is 12.9. The van der Waals surface area contributed by atoms with Crippen LogP contribution in [-0.4, -0.2) is 55.8 Å². The highest BCUT2D eigenvalue weighted by Gasteiger charge is 2.48. The number of nitrogens with zero attached hydrogens (tertiary/aromatic N) is 1. The van der Waals surface area contributed by atoms with Crippen molar-refractivity contribution in [3.8, 4) is 0 Å². The zero-order valence-corrected chi connectivity index (χ0v) is 12.6. The van der Waals surface area contributed by atoms with Gasteiger partial charge in [-0.25, -0.2) is 0 Å². The summed E-state index contributed by atoms with van der Waals surface area (Å²) < 4.78 is 5.13. The van der Waals surface area contributed by atoms with E-state index in [0.29, 0.717) is 5.41 Å². The average molecular weight is 260 g/mol. The van der Waals surface area contributed by atoms with E-state index < -0.39 is 0 Å². The van der Waals surface area contributed by atoms with Crippen molar-refractivity contribution in [3.05, 3.63) is 0 Å². The Bertz CT molecular complexity index is 235. The molecule has 0 amide bonds. The first-order valence-electron chi connectivity index (χ1n) is 6.48. The van der Waals surface area contributed by atoms with Crippen molar-refractivity contribution in [3.63, 3.8) is 0 Å². The predicted molar refractivity (Wildman–Crippen MR) is 76.6 cm³/mol. The van der Waals surface area contributed by atoms with Crippen molar-refractivity contribution in [2.45, 2.75) is 32.2 Å². The first-order valence-corrected chi connectivity index (χ1v) is 7.63. The zero-order valence-electron chi connectivity index (χ0n) is 11.8. The van der Waals surface area contributed by atoms with Crippen LogP contribution in [0.3, 0.4) is 0 Å². The van der Waals surface area contributed by atoms with Crippen molar-refractivity contribution >= 4 is 11.8 Å². The molecule has 1 saturated heterocycles. The summed E-state index contributed by atoms with van der Waals surface area (Å²) in [5, 5.41) is 0. The SMILES string of the molecule is COCCCN(C)C1(CN)CSCCC1(C)C. The third kappa shape index (κ3) is 3.16. The van der Waals surface area contributed by atoms with Gasteiger partial charge in [-0.3, -0.25) is 4.90 Å². The van der Waals surface area contributed by atoms with E-state index in [2.05, 4.69) is 25.8 Å². The van der Waals surface area contributed by atoms with Gasteiger partial charge in [-0.05, 0) is 31.1 Å². The fraction of sp³-hybridized carbons (Fsp3) is 1.00. The summed E-state index contributed by atoms with van der Waals surface area (Å²) in [6, 6.07) is 0. The van der Waals surface area contributed by atoms with E-state index in [4.69, 9.17) is 10.5 Å². The summed E-state index contributed by atoms with van der Waals surface area (Å²) in [7, 11) is 3.98. The number of hydrogen-bond acceptors (Lipinski definition) is 4. The first kappa shape index (κ1) is 15.3. The Labute approximate surface area is 110 Å². The minimum atomic E-state index is 0.143. The van der Waals surface area contributed by atoms with Crippen LogP contribution >= 0.6 is 11.8 Å². The molecule has 1 aliphatic heterocycles. The summed E-state index contributed by atoms with van der Waals surface area (Å²) in [6.07, 6.45) is 2.33.